The molecule has 0 unspecified atom stereocenters. The topological polar surface area (TPSA) is 177 Å². The van der Waals surface area contributed by atoms with Crippen LogP contribution in [0.2, 0.25) is 0 Å². The van der Waals surface area contributed by atoms with Gasteiger partial charge in [0.2, 0.25) is 5.91 Å². The fourth-order valence-electron chi connectivity index (χ4n) is 3.50. The van der Waals surface area contributed by atoms with Crippen LogP contribution in [0, 0.1) is 0 Å². The van der Waals surface area contributed by atoms with Crippen molar-refractivity contribution in [3.63, 3.8) is 0 Å². The minimum Gasteiger partial charge on any atom is -0.481 e. The number of carboxylic acid groups (broad SMARTS) is 1. The predicted molar refractivity (Wildman–Crippen MR) is 175 cm³/mol. The number of carbonyl (C=O) groups is 2. The molecule has 0 bridgehead atoms. The number of unbranched alkanes of at least 4 members (excludes halogenated alkanes) is 2. The molecular formula is C32H63NO15. The van der Waals surface area contributed by atoms with Crippen LogP contribution in [0.5, 0.6) is 0 Å². The van der Waals surface area contributed by atoms with Crippen molar-refractivity contribution in [3.05, 3.63) is 0 Å². The average molecular weight is 702 g/mol. The summed E-state index contributed by atoms with van der Waals surface area (Å²) < 4.78 is 64.6. The van der Waals surface area contributed by atoms with Gasteiger partial charge >= 0.3 is 5.97 Å². The van der Waals surface area contributed by atoms with E-state index in [1.807, 2.05) is 0 Å². The highest BCUT2D eigenvalue weighted by Gasteiger charge is 2.02. The van der Waals surface area contributed by atoms with Gasteiger partial charge in [-0.05, 0) is 12.8 Å². The number of ether oxygens (including phenoxy) is 12. The minimum absolute atomic E-state index is 0.0741. The largest absolute Gasteiger partial charge is 0.481 e. The molecule has 0 spiro atoms. The first-order valence-electron chi connectivity index (χ1n) is 17.0. The fraction of sp³-hybridized carbons (Fsp3) is 0.938. The van der Waals surface area contributed by atoms with Crippen molar-refractivity contribution >= 4 is 11.9 Å². The van der Waals surface area contributed by atoms with E-state index in [4.69, 9.17) is 61.9 Å². The molecule has 0 aromatic carbocycles. The summed E-state index contributed by atoms with van der Waals surface area (Å²) in [7, 11) is 1.64. The van der Waals surface area contributed by atoms with Crippen LogP contribution in [0.15, 0.2) is 0 Å². The molecule has 16 nitrogen and oxygen atoms in total. The van der Waals surface area contributed by atoms with E-state index < -0.39 is 5.97 Å². The molecule has 0 rings (SSSR count). The van der Waals surface area contributed by atoms with Crippen LogP contribution in [0.4, 0.5) is 0 Å². The van der Waals surface area contributed by atoms with Crippen LogP contribution >= 0.6 is 0 Å². The predicted octanol–water partition coefficient (Wildman–Crippen LogP) is 0.967. The van der Waals surface area contributed by atoms with Crippen molar-refractivity contribution in [3.8, 4) is 0 Å². The maximum Gasteiger partial charge on any atom is 0.303 e. The molecule has 0 aliphatic rings. The van der Waals surface area contributed by atoms with E-state index in [0.717, 1.165) is 12.8 Å². The molecule has 0 aliphatic heterocycles. The zero-order chi connectivity index (χ0) is 34.9. The number of rotatable bonds is 42. The van der Waals surface area contributed by atoms with Crippen molar-refractivity contribution in [2.24, 2.45) is 0 Å². The van der Waals surface area contributed by atoms with Gasteiger partial charge in [-0.15, -0.1) is 0 Å². The zero-order valence-electron chi connectivity index (χ0n) is 29.2. The van der Waals surface area contributed by atoms with Crippen molar-refractivity contribution in [2.75, 3.05) is 166 Å². The van der Waals surface area contributed by atoms with E-state index >= 15 is 0 Å². The summed E-state index contributed by atoms with van der Waals surface area (Å²) >= 11 is 0. The van der Waals surface area contributed by atoms with Gasteiger partial charge in [-0.2, -0.15) is 0 Å². The molecule has 286 valence electrons. The van der Waals surface area contributed by atoms with Gasteiger partial charge in [0.25, 0.3) is 0 Å². The Morgan fingerprint density at radius 3 is 0.979 bits per heavy atom. The molecule has 48 heavy (non-hydrogen) atoms. The molecule has 0 saturated carbocycles. The number of aliphatic carboxylic acids is 1. The Morgan fingerprint density at radius 2 is 0.688 bits per heavy atom. The highest BCUT2D eigenvalue weighted by Crippen LogP contribution is 1.98. The molecule has 0 fully saturated rings. The lowest BCUT2D eigenvalue weighted by Crippen LogP contribution is -2.25. The van der Waals surface area contributed by atoms with Gasteiger partial charge < -0.3 is 67.3 Å². The molecule has 0 heterocycles. The van der Waals surface area contributed by atoms with Gasteiger partial charge in [0.15, 0.2) is 0 Å². The normalized spacial score (nSPS) is 11.4. The number of nitrogens with one attached hydrogen (secondary N) is 1. The summed E-state index contributed by atoms with van der Waals surface area (Å²) in [6.07, 6.45) is 2.63. The maximum atomic E-state index is 11.7. The van der Waals surface area contributed by atoms with Crippen LogP contribution in [0.25, 0.3) is 0 Å². The number of carboxylic acids is 1. The Labute approximate surface area is 286 Å². The first kappa shape index (κ1) is 46.5. The zero-order valence-corrected chi connectivity index (χ0v) is 29.2. The van der Waals surface area contributed by atoms with Gasteiger partial charge in [-0.3, -0.25) is 9.59 Å². The Bertz CT molecular complexity index is 663. The monoisotopic (exact) mass is 701 g/mol. The summed E-state index contributed by atoms with van der Waals surface area (Å²) in [5, 5.41) is 11.4. The van der Waals surface area contributed by atoms with E-state index in [0.29, 0.717) is 165 Å². The molecule has 0 saturated heterocycles. The van der Waals surface area contributed by atoms with Crippen molar-refractivity contribution in [1.82, 2.24) is 5.32 Å². The molecule has 0 radical (unpaired) electrons. The summed E-state index contributed by atoms with van der Waals surface area (Å²) in [6.45, 7) is 11.8. The second kappa shape index (κ2) is 41.6. The molecule has 16 heteroatoms. The second-order valence-electron chi connectivity index (χ2n) is 10.0. The molecule has 0 aliphatic carbocycles. The third-order valence-corrected chi connectivity index (χ3v) is 6.01. The van der Waals surface area contributed by atoms with Crippen LogP contribution in [-0.4, -0.2) is 183 Å². The van der Waals surface area contributed by atoms with Crippen LogP contribution in [0.1, 0.15) is 32.1 Å². The van der Waals surface area contributed by atoms with E-state index in [9.17, 15) is 9.59 Å². The molecule has 2 N–H and O–H groups in total. The van der Waals surface area contributed by atoms with E-state index in [1.54, 1.807) is 7.11 Å². The van der Waals surface area contributed by atoms with Crippen molar-refractivity contribution in [1.29, 1.82) is 0 Å². The maximum absolute atomic E-state index is 11.7. The lowest BCUT2D eigenvalue weighted by molar-refractivity contribution is -0.137. The lowest BCUT2D eigenvalue weighted by Gasteiger charge is -2.09. The SMILES string of the molecule is COCCOCCOCCOCCOCCOCCOCCOCCOCCOCCOCCOCCC(=O)NCCCCCC(=O)O. The van der Waals surface area contributed by atoms with Crippen LogP contribution < -0.4 is 5.32 Å². The Hall–Kier alpha value is -1.54. The van der Waals surface area contributed by atoms with E-state index in [1.165, 1.54) is 0 Å². The minimum atomic E-state index is -0.790. The summed E-state index contributed by atoms with van der Waals surface area (Å²) in [5.74, 6) is -0.864. The molecule has 0 aromatic heterocycles. The van der Waals surface area contributed by atoms with E-state index in [2.05, 4.69) is 5.32 Å². The number of hydrogen-bond donors (Lipinski definition) is 2. The van der Waals surface area contributed by atoms with Crippen molar-refractivity contribution < 1.29 is 71.5 Å². The summed E-state index contributed by atoms with van der Waals surface area (Å²) in [4.78, 5) is 22.1. The third-order valence-electron chi connectivity index (χ3n) is 6.01. The standard InChI is InChI=1S/C32H63NO15/c1-37-9-10-39-13-14-41-17-18-43-21-22-45-25-26-47-29-30-48-28-27-46-24-23-44-20-19-42-16-15-40-12-11-38-8-6-31(34)33-7-4-2-3-5-32(35)36/h2-30H2,1H3,(H,33,34)(H,35,36). The van der Waals surface area contributed by atoms with Gasteiger partial charge in [-0.1, -0.05) is 6.42 Å². The van der Waals surface area contributed by atoms with E-state index in [-0.39, 0.29) is 18.7 Å². The highest BCUT2D eigenvalue weighted by molar-refractivity contribution is 5.75. The molecule has 1 amide bonds. The number of amides is 1. The average Bonchev–Trinajstić information content (AvgIpc) is 3.08. The first-order valence-corrected chi connectivity index (χ1v) is 17.0. The molecule has 0 aromatic rings. The number of carbonyl (C=O) groups excluding carboxylic acids is 1. The Morgan fingerprint density at radius 1 is 0.396 bits per heavy atom. The van der Waals surface area contributed by atoms with Gasteiger partial charge in [0, 0.05) is 26.5 Å². The Kier molecular flexibility index (Phi) is 40.3. The number of methoxy groups -OCH3 is 1. The first-order chi connectivity index (χ1) is 23.7. The summed E-state index contributed by atoms with van der Waals surface area (Å²) in [5.41, 5.74) is 0. The third kappa shape index (κ3) is 42.5. The van der Waals surface area contributed by atoms with Crippen molar-refractivity contribution in [2.45, 2.75) is 32.1 Å². The van der Waals surface area contributed by atoms with Crippen LogP contribution in [-0.2, 0) is 66.4 Å². The van der Waals surface area contributed by atoms with Gasteiger partial charge in [0.05, 0.1) is 152 Å². The van der Waals surface area contributed by atoms with Crippen LogP contribution in [0.3, 0.4) is 0 Å². The molecular weight excluding hydrogens is 638 g/mol. The number of hydrogen-bond acceptors (Lipinski definition) is 14. The smallest absolute Gasteiger partial charge is 0.303 e. The summed E-state index contributed by atoms with van der Waals surface area (Å²) in [6, 6.07) is 0. The quantitative estimate of drug-likeness (QED) is 0.0860. The highest BCUT2D eigenvalue weighted by atomic mass is 16.6. The van der Waals surface area contributed by atoms with Gasteiger partial charge in [-0.25, -0.2) is 0 Å². The lowest BCUT2D eigenvalue weighted by atomic mass is 10.2. The molecule has 0 atom stereocenters. The Balaban J connectivity index is 3.10. The fourth-order valence-corrected chi connectivity index (χ4v) is 3.50. The van der Waals surface area contributed by atoms with Gasteiger partial charge in [0.1, 0.15) is 0 Å². The second-order valence-corrected chi connectivity index (χ2v) is 10.0.